The molecule has 9 fully saturated rings. The van der Waals surface area contributed by atoms with Crippen molar-refractivity contribution in [3.05, 3.63) is 206 Å². The Morgan fingerprint density at radius 1 is 0.150 bits per heavy atom. The highest BCUT2D eigenvalue weighted by molar-refractivity contribution is 5.42. The first kappa shape index (κ1) is 96.7. The quantitative estimate of drug-likeness (QED) is 0.127. The van der Waals surface area contributed by atoms with Gasteiger partial charge >= 0.3 is 0 Å². The van der Waals surface area contributed by atoms with Gasteiger partial charge in [-0.3, -0.25) is 0 Å². The van der Waals surface area contributed by atoms with Gasteiger partial charge in [-0.05, 0) is 444 Å². The van der Waals surface area contributed by atoms with Gasteiger partial charge < -0.3 is 0 Å². The minimum Gasteiger partial charge on any atom is -0.203 e. The molecule has 9 aliphatic carbocycles. The summed E-state index contributed by atoms with van der Waals surface area (Å²) >= 11 is 0. The molecule has 0 N–H and O–H groups in total. The molecule has 0 bridgehead atoms. The molecule has 684 valence electrons. The van der Waals surface area contributed by atoms with Crippen molar-refractivity contribution in [2.24, 2.45) is 71.0 Å². The van der Waals surface area contributed by atoms with Gasteiger partial charge in [0.1, 0.15) is 0 Å². The summed E-state index contributed by atoms with van der Waals surface area (Å²) in [6, 6.07) is 10.7. The van der Waals surface area contributed by atoms with Crippen LogP contribution in [0.4, 0.5) is 52.7 Å². The van der Waals surface area contributed by atoms with E-state index in [1.54, 1.807) is 59.7 Å². The molecule has 9 aliphatic rings. The highest BCUT2D eigenvalue weighted by Crippen LogP contribution is 2.51. The van der Waals surface area contributed by atoms with Crippen LogP contribution in [-0.2, 0) is 0 Å². The fourth-order valence-corrected chi connectivity index (χ4v) is 24.1. The van der Waals surface area contributed by atoms with Gasteiger partial charge in [-0.25, -0.2) is 52.7 Å². The van der Waals surface area contributed by atoms with Gasteiger partial charge in [-0.2, -0.15) is 0 Å². The van der Waals surface area contributed by atoms with E-state index >= 15 is 0 Å². The largest absolute Gasteiger partial charge is 0.203 e. The van der Waals surface area contributed by atoms with Gasteiger partial charge in [0.15, 0.2) is 69.8 Å². The third kappa shape index (κ3) is 24.2. The number of aryl methyl sites for hydroxylation is 12. The summed E-state index contributed by atoms with van der Waals surface area (Å²) in [5, 5.41) is 0. The predicted molar refractivity (Wildman–Crippen MR) is 493 cm³/mol. The lowest BCUT2D eigenvalue weighted by Crippen LogP contribution is -2.25. The van der Waals surface area contributed by atoms with Crippen molar-refractivity contribution >= 4 is 0 Å². The van der Waals surface area contributed by atoms with Crippen LogP contribution in [0.25, 0.3) is 0 Å². The molecule has 0 aromatic heterocycles. The Morgan fingerprint density at radius 3 is 0.375 bits per heavy atom. The van der Waals surface area contributed by atoms with Crippen LogP contribution in [0.15, 0.2) is 36.4 Å². The third-order valence-electron chi connectivity index (χ3n) is 31.8. The highest BCUT2D eigenvalue weighted by atomic mass is 19.2. The second kappa shape index (κ2) is 44.1. The standard InChI is InChI=1S/3C21H30F2.3C15H20F2.9H2/c3*1-13-4-6-16(7-5-13)17-8-10-18(11-9-17)19-14(2)12-15(3)20(22)21(19)23;3*1-9-4-6-12(7-5-9)13-10(2)8-11(3)14(16)15(13)17;;;;;;;;;/h3*12-13,16-18H,4-11H2,1-3H3;3*8-9,12H,4-7H2,1-3H3;9*1H. The first-order valence-corrected chi connectivity index (χ1v) is 47.6. The van der Waals surface area contributed by atoms with Crippen LogP contribution >= 0.6 is 0 Å². The van der Waals surface area contributed by atoms with E-state index in [0.29, 0.717) is 66.8 Å². The summed E-state index contributed by atoms with van der Waals surface area (Å²) < 4.78 is 168. The summed E-state index contributed by atoms with van der Waals surface area (Å²) in [7, 11) is 0. The van der Waals surface area contributed by atoms with Gasteiger partial charge in [0.05, 0.1) is 0 Å². The van der Waals surface area contributed by atoms with Crippen LogP contribution in [0.2, 0.25) is 0 Å². The monoisotopic (exact) mass is 1690 g/mol. The molecule has 0 atom stereocenters. The Kier molecular flexibility index (Phi) is 35.5. The SMILES string of the molecule is Cc1cc(C)c(C2CCC(C)CC2)c(F)c1F.Cc1cc(C)c(C2CCC(C)CC2)c(F)c1F.Cc1cc(C)c(C2CCC(C)CC2)c(F)c1F.Cc1cc(C)c(C2CCC(C3CCC(C)CC3)CC2)c(F)c1F.Cc1cc(C)c(C2CCC(C3CCC(C)CC3)CC2)c(F)c1F.Cc1cc(C)c(C2CCC(C3CCC(C)CC3)CC2)c(F)c1F.[HH].[HH].[HH].[HH].[HH].[HH].[HH].[HH].[HH]. The first-order valence-electron chi connectivity index (χ1n) is 47.6. The zero-order valence-electron chi connectivity index (χ0n) is 76.8. The molecule has 15 rings (SSSR count). The van der Waals surface area contributed by atoms with Crippen molar-refractivity contribution in [2.75, 3.05) is 0 Å². The summed E-state index contributed by atoms with van der Waals surface area (Å²) in [5.41, 5.74) is 11.8. The molecule has 9 saturated carbocycles. The highest BCUT2D eigenvalue weighted by Gasteiger charge is 2.38. The van der Waals surface area contributed by atoms with E-state index in [4.69, 9.17) is 0 Å². The molecule has 0 heterocycles. The maximum atomic E-state index is 14.4. The van der Waals surface area contributed by atoms with Crippen molar-refractivity contribution in [1.29, 1.82) is 0 Å². The number of halogens is 12. The molecule has 0 amide bonds. The van der Waals surface area contributed by atoms with Crippen molar-refractivity contribution in [1.82, 2.24) is 0 Å². The van der Waals surface area contributed by atoms with Crippen LogP contribution in [0.3, 0.4) is 0 Å². The van der Waals surface area contributed by atoms with Crippen LogP contribution in [0.5, 0.6) is 0 Å². The molecule has 0 spiro atoms. The fourth-order valence-electron chi connectivity index (χ4n) is 24.1. The van der Waals surface area contributed by atoms with E-state index in [0.717, 1.165) is 220 Å². The number of rotatable bonds is 9. The Balaban J connectivity index is 0.000000767. The van der Waals surface area contributed by atoms with E-state index < -0.39 is 69.8 Å². The summed E-state index contributed by atoms with van der Waals surface area (Å²) in [5.74, 6) is 3.73. The van der Waals surface area contributed by atoms with Crippen molar-refractivity contribution in [3.8, 4) is 0 Å². The van der Waals surface area contributed by atoms with Crippen LogP contribution in [0, 0.1) is 224 Å². The summed E-state index contributed by atoms with van der Waals surface area (Å²) in [6.45, 7) is 35.1. The normalized spacial score (nSPS) is 29.1. The van der Waals surface area contributed by atoms with E-state index in [9.17, 15) is 52.7 Å². The van der Waals surface area contributed by atoms with Gasteiger partial charge in [-0.15, -0.1) is 0 Å². The smallest absolute Gasteiger partial charge is 0.162 e. The molecule has 0 saturated heterocycles. The lowest BCUT2D eigenvalue weighted by atomic mass is 9.68. The molecule has 0 nitrogen and oxygen atoms in total. The Labute approximate surface area is 730 Å². The first-order chi connectivity index (χ1) is 56.9. The Morgan fingerprint density at radius 2 is 0.250 bits per heavy atom. The van der Waals surface area contributed by atoms with Crippen LogP contribution in [-0.4, -0.2) is 0 Å². The number of hydrogen-bond acceptors (Lipinski definition) is 0. The molecule has 0 radical (unpaired) electrons. The minimum atomic E-state index is -0.663. The topological polar surface area (TPSA) is 0 Å². The van der Waals surface area contributed by atoms with Crippen LogP contribution in [0.1, 0.15) is 421 Å². The van der Waals surface area contributed by atoms with Gasteiger partial charge in [0.2, 0.25) is 0 Å². The average Bonchev–Trinajstić information content (AvgIpc) is 0.805. The Bertz CT molecular complexity index is 3920. The zero-order chi connectivity index (χ0) is 87.4. The summed E-state index contributed by atoms with van der Waals surface area (Å²) in [6.07, 6.45) is 42.5. The summed E-state index contributed by atoms with van der Waals surface area (Å²) in [4.78, 5) is 0. The van der Waals surface area contributed by atoms with E-state index in [2.05, 4.69) is 41.5 Å². The molecular formula is C108H168F12. The third-order valence-corrected chi connectivity index (χ3v) is 31.8. The lowest BCUT2D eigenvalue weighted by molar-refractivity contribution is 0.164. The molecule has 6 aromatic rings. The maximum Gasteiger partial charge on any atom is 0.162 e. The molecular weight excluding hydrogens is 1530 g/mol. The van der Waals surface area contributed by atoms with Crippen molar-refractivity contribution < 1.29 is 65.5 Å². The molecule has 6 aromatic carbocycles. The van der Waals surface area contributed by atoms with Crippen molar-refractivity contribution in [3.63, 3.8) is 0 Å². The van der Waals surface area contributed by atoms with E-state index in [-0.39, 0.29) is 48.3 Å². The average molecular weight is 1690 g/mol. The molecule has 12 heteroatoms. The lowest BCUT2D eigenvalue weighted by Gasteiger charge is -2.37. The molecule has 120 heavy (non-hydrogen) atoms. The minimum absolute atomic E-state index is 0. The van der Waals surface area contributed by atoms with E-state index in [1.807, 2.05) is 59.7 Å². The molecule has 0 unspecified atom stereocenters. The maximum absolute atomic E-state index is 14.4. The fraction of sp³-hybridized carbons (Fsp3) is 0.667. The van der Waals surface area contributed by atoms with Crippen LogP contribution < -0.4 is 0 Å². The second-order valence-electron chi connectivity index (χ2n) is 41.1. The number of benzene rings is 6. The van der Waals surface area contributed by atoms with Gasteiger partial charge in [0, 0.05) is 12.8 Å². The van der Waals surface area contributed by atoms with Gasteiger partial charge in [-0.1, -0.05) is 155 Å². The second-order valence-corrected chi connectivity index (χ2v) is 41.1. The Hall–Kier alpha value is -5.52. The van der Waals surface area contributed by atoms with Crippen molar-refractivity contribution in [2.45, 2.75) is 391 Å². The molecule has 0 aliphatic heterocycles. The number of hydrogen-bond donors (Lipinski definition) is 0. The van der Waals surface area contributed by atoms with E-state index in [1.165, 1.54) is 116 Å². The zero-order valence-corrected chi connectivity index (χ0v) is 76.8. The van der Waals surface area contributed by atoms with Gasteiger partial charge in [0.25, 0.3) is 0 Å². The predicted octanol–water partition coefficient (Wildman–Crippen LogP) is 36.9.